The van der Waals surface area contributed by atoms with E-state index < -0.39 is 0 Å². The molecule has 76 valence electrons. The van der Waals surface area contributed by atoms with Crippen molar-refractivity contribution in [2.75, 3.05) is 13.6 Å². The molecule has 1 atom stereocenters. The van der Waals surface area contributed by atoms with Crippen molar-refractivity contribution in [2.24, 2.45) is 10.7 Å². The lowest BCUT2D eigenvalue weighted by molar-refractivity contribution is 0.226. The van der Waals surface area contributed by atoms with Crippen LogP contribution in [0.2, 0.25) is 0 Å². The molecule has 1 heterocycles. The molecule has 13 heavy (non-hydrogen) atoms. The van der Waals surface area contributed by atoms with Crippen LogP contribution < -0.4 is 5.73 Å². The van der Waals surface area contributed by atoms with Gasteiger partial charge in [0.1, 0.15) is 0 Å². The van der Waals surface area contributed by atoms with Crippen molar-refractivity contribution in [1.82, 2.24) is 4.90 Å². The van der Waals surface area contributed by atoms with Crippen LogP contribution in [0.25, 0.3) is 0 Å². The van der Waals surface area contributed by atoms with Gasteiger partial charge in [0.15, 0.2) is 5.96 Å². The van der Waals surface area contributed by atoms with Gasteiger partial charge in [-0.2, -0.15) is 0 Å². The number of hydrogen-bond donors (Lipinski definition) is 1. The molecule has 0 spiro atoms. The van der Waals surface area contributed by atoms with Crippen LogP contribution in [0.1, 0.15) is 39.0 Å². The largest absolute Gasteiger partial charge is 0.370 e. The van der Waals surface area contributed by atoms with Crippen LogP contribution in [0.5, 0.6) is 0 Å². The van der Waals surface area contributed by atoms with Crippen molar-refractivity contribution < 1.29 is 0 Å². The Hall–Kier alpha value is -0.730. The summed E-state index contributed by atoms with van der Waals surface area (Å²) in [5, 5.41) is 0. The van der Waals surface area contributed by atoms with Crippen molar-refractivity contribution in [3.05, 3.63) is 0 Å². The van der Waals surface area contributed by atoms with Gasteiger partial charge in [-0.25, -0.2) is 0 Å². The number of likely N-dealkylation sites (tertiary alicyclic amines) is 1. The number of nitrogens with two attached hydrogens (primary N) is 1. The first-order chi connectivity index (χ1) is 6.29. The Morgan fingerprint density at radius 3 is 2.92 bits per heavy atom. The van der Waals surface area contributed by atoms with Crippen LogP contribution in [0.3, 0.4) is 0 Å². The molecule has 0 aromatic heterocycles. The van der Waals surface area contributed by atoms with Crippen molar-refractivity contribution >= 4 is 5.96 Å². The molecule has 1 aliphatic rings. The Balaban J connectivity index is 2.56. The fourth-order valence-corrected chi connectivity index (χ4v) is 2.06. The maximum absolute atomic E-state index is 5.84. The minimum Gasteiger partial charge on any atom is -0.370 e. The molecule has 0 aliphatic carbocycles. The summed E-state index contributed by atoms with van der Waals surface area (Å²) in [6.07, 6.45) is 6.37. The molecule has 1 rings (SSSR count). The zero-order valence-corrected chi connectivity index (χ0v) is 8.79. The highest BCUT2D eigenvalue weighted by Gasteiger charge is 2.22. The normalized spacial score (nSPS) is 24.9. The van der Waals surface area contributed by atoms with Gasteiger partial charge < -0.3 is 10.6 Å². The first kappa shape index (κ1) is 10.4. The molecule has 1 unspecified atom stereocenters. The van der Waals surface area contributed by atoms with Crippen LogP contribution in [-0.4, -0.2) is 30.5 Å². The van der Waals surface area contributed by atoms with E-state index in [0.717, 1.165) is 12.5 Å². The van der Waals surface area contributed by atoms with Gasteiger partial charge in [0.25, 0.3) is 0 Å². The summed E-state index contributed by atoms with van der Waals surface area (Å²) in [5.74, 6) is 0.721. The quantitative estimate of drug-likeness (QED) is 0.521. The van der Waals surface area contributed by atoms with E-state index in [1.54, 1.807) is 7.05 Å². The monoisotopic (exact) mass is 183 g/mol. The Morgan fingerprint density at radius 2 is 2.31 bits per heavy atom. The summed E-state index contributed by atoms with van der Waals surface area (Å²) in [7, 11) is 1.77. The molecule has 1 saturated heterocycles. The molecule has 1 aliphatic heterocycles. The molecule has 3 heteroatoms. The topological polar surface area (TPSA) is 41.6 Å². The third-order valence-electron chi connectivity index (χ3n) is 2.77. The van der Waals surface area contributed by atoms with Crippen LogP contribution in [0.4, 0.5) is 0 Å². The van der Waals surface area contributed by atoms with E-state index in [4.69, 9.17) is 5.73 Å². The molecule has 0 aromatic rings. The van der Waals surface area contributed by atoms with Gasteiger partial charge in [-0.15, -0.1) is 0 Å². The molecule has 0 aromatic carbocycles. The molecule has 0 saturated carbocycles. The van der Waals surface area contributed by atoms with Gasteiger partial charge in [-0.05, 0) is 25.7 Å². The van der Waals surface area contributed by atoms with Crippen LogP contribution in [-0.2, 0) is 0 Å². The summed E-state index contributed by atoms with van der Waals surface area (Å²) in [6, 6.07) is 0.641. The Labute approximate surface area is 81.0 Å². The fraction of sp³-hybridized carbons (Fsp3) is 0.900. The van der Waals surface area contributed by atoms with Gasteiger partial charge in [0, 0.05) is 19.6 Å². The predicted octanol–water partition coefficient (Wildman–Crippen LogP) is 1.59. The number of piperidine rings is 1. The molecule has 2 N–H and O–H groups in total. The standard InChI is InChI=1S/C10H21N3/c1-3-6-9-7-4-5-8-13(9)10(11)12-2/h9H,3-8H2,1-2H3,(H2,11,12). The average molecular weight is 183 g/mol. The minimum atomic E-state index is 0.641. The molecule has 0 radical (unpaired) electrons. The summed E-state index contributed by atoms with van der Waals surface area (Å²) in [5.41, 5.74) is 5.84. The lowest BCUT2D eigenvalue weighted by Crippen LogP contribution is -2.47. The van der Waals surface area contributed by atoms with Crippen LogP contribution in [0.15, 0.2) is 4.99 Å². The highest BCUT2D eigenvalue weighted by Crippen LogP contribution is 2.20. The number of hydrogen-bond acceptors (Lipinski definition) is 1. The molecule has 3 nitrogen and oxygen atoms in total. The van der Waals surface area contributed by atoms with Gasteiger partial charge in [0.2, 0.25) is 0 Å². The summed E-state index contributed by atoms with van der Waals surface area (Å²) < 4.78 is 0. The molecular weight excluding hydrogens is 162 g/mol. The second-order valence-electron chi connectivity index (χ2n) is 3.71. The fourth-order valence-electron chi connectivity index (χ4n) is 2.06. The van der Waals surface area contributed by atoms with Gasteiger partial charge in [0.05, 0.1) is 0 Å². The van der Waals surface area contributed by atoms with E-state index in [1.807, 2.05) is 0 Å². The van der Waals surface area contributed by atoms with Crippen molar-refractivity contribution in [3.63, 3.8) is 0 Å². The van der Waals surface area contributed by atoms with Crippen molar-refractivity contribution in [2.45, 2.75) is 45.1 Å². The van der Waals surface area contributed by atoms with Gasteiger partial charge in [-0.1, -0.05) is 13.3 Å². The SMILES string of the molecule is CCCC1CCCCN1C(N)=NC. The lowest BCUT2D eigenvalue weighted by atomic mass is 9.99. The average Bonchev–Trinajstić information content (AvgIpc) is 2.18. The lowest BCUT2D eigenvalue weighted by Gasteiger charge is -2.36. The number of nitrogens with zero attached hydrogens (tertiary/aromatic N) is 2. The first-order valence-corrected chi connectivity index (χ1v) is 5.28. The third-order valence-corrected chi connectivity index (χ3v) is 2.77. The number of guanidine groups is 1. The maximum Gasteiger partial charge on any atom is 0.191 e. The van der Waals surface area contributed by atoms with Crippen molar-refractivity contribution in [1.29, 1.82) is 0 Å². The van der Waals surface area contributed by atoms with Crippen LogP contribution in [0, 0.1) is 0 Å². The van der Waals surface area contributed by atoms with Crippen molar-refractivity contribution in [3.8, 4) is 0 Å². The first-order valence-electron chi connectivity index (χ1n) is 5.28. The predicted molar refractivity (Wildman–Crippen MR) is 56.8 cm³/mol. The second-order valence-corrected chi connectivity index (χ2v) is 3.71. The molecule has 0 bridgehead atoms. The van der Waals surface area contributed by atoms with E-state index >= 15 is 0 Å². The Kier molecular flexibility index (Phi) is 4.06. The highest BCUT2D eigenvalue weighted by molar-refractivity contribution is 5.78. The number of aliphatic imine (C=N–C) groups is 1. The van der Waals surface area contributed by atoms with E-state index in [9.17, 15) is 0 Å². The summed E-state index contributed by atoms with van der Waals surface area (Å²) >= 11 is 0. The smallest absolute Gasteiger partial charge is 0.191 e. The Morgan fingerprint density at radius 1 is 1.54 bits per heavy atom. The molecular formula is C10H21N3. The van der Waals surface area contributed by atoms with E-state index in [-0.39, 0.29) is 0 Å². The third kappa shape index (κ3) is 2.61. The zero-order chi connectivity index (χ0) is 9.68. The zero-order valence-electron chi connectivity index (χ0n) is 8.79. The summed E-state index contributed by atoms with van der Waals surface area (Å²) in [4.78, 5) is 6.34. The number of rotatable bonds is 2. The summed E-state index contributed by atoms with van der Waals surface area (Å²) in [6.45, 7) is 3.32. The van der Waals surface area contributed by atoms with E-state index in [0.29, 0.717) is 6.04 Å². The molecule has 1 fully saturated rings. The maximum atomic E-state index is 5.84. The van der Waals surface area contributed by atoms with Crippen LogP contribution >= 0.6 is 0 Å². The van der Waals surface area contributed by atoms with E-state index in [2.05, 4.69) is 16.8 Å². The second kappa shape index (κ2) is 5.10. The van der Waals surface area contributed by atoms with E-state index in [1.165, 1.54) is 32.1 Å². The minimum absolute atomic E-state index is 0.641. The molecule has 0 amide bonds. The Bertz CT molecular complexity index is 175. The van der Waals surface area contributed by atoms with Gasteiger partial charge in [-0.3, -0.25) is 4.99 Å². The highest BCUT2D eigenvalue weighted by atomic mass is 15.3. The van der Waals surface area contributed by atoms with Gasteiger partial charge >= 0.3 is 0 Å².